The van der Waals surface area contributed by atoms with E-state index in [1.165, 1.54) is 0 Å². The minimum atomic E-state index is 0.256. The van der Waals surface area contributed by atoms with Crippen LogP contribution in [-0.4, -0.2) is 34.2 Å². The zero-order chi connectivity index (χ0) is 13.2. The summed E-state index contributed by atoms with van der Waals surface area (Å²) in [5.41, 5.74) is 6.66. The van der Waals surface area contributed by atoms with Crippen molar-refractivity contribution in [1.29, 1.82) is 0 Å². The molecule has 19 heavy (non-hydrogen) atoms. The van der Waals surface area contributed by atoms with E-state index in [0.29, 0.717) is 23.3 Å². The molecule has 0 bridgehead atoms. The van der Waals surface area contributed by atoms with Crippen LogP contribution in [0.25, 0.3) is 11.4 Å². The van der Waals surface area contributed by atoms with Crippen LogP contribution in [0.1, 0.15) is 12.3 Å². The van der Waals surface area contributed by atoms with E-state index in [1.54, 1.807) is 0 Å². The molecule has 1 aliphatic rings. The van der Waals surface area contributed by atoms with E-state index in [1.807, 2.05) is 24.3 Å². The van der Waals surface area contributed by atoms with Crippen LogP contribution in [0.3, 0.4) is 0 Å². The molecule has 100 valence electrons. The summed E-state index contributed by atoms with van der Waals surface area (Å²) in [5, 5.41) is 4.60. The highest BCUT2D eigenvalue weighted by molar-refractivity contribution is 6.33. The third-order valence-electron chi connectivity index (χ3n) is 3.25. The standard InChI is InChI=1S/C13H15ClN4O/c14-11-4-2-1-3-10(11)13-16-12(19-17-13)8-18-6-5-9(15)7-18/h1-4,9H,5-8,15H2. The van der Waals surface area contributed by atoms with E-state index in [4.69, 9.17) is 21.9 Å². The van der Waals surface area contributed by atoms with E-state index < -0.39 is 0 Å². The summed E-state index contributed by atoms with van der Waals surface area (Å²) in [4.78, 5) is 6.60. The van der Waals surface area contributed by atoms with E-state index >= 15 is 0 Å². The largest absolute Gasteiger partial charge is 0.338 e. The Kier molecular flexibility index (Phi) is 3.50. The molecule has 1 unspecified atom stereocenters. The van der Waals surface area contributed by atoms with Gasteiger partial charge >= 0.3 is 0 Å². The molecular formula is C13H15ClN4O. The highest BCUT2D eigenvalue weighted by Crippen LogP contribution is 2.25. The van der Waals surface area contributed by atoms with Gasteiger partial charge in [-0.3, -0.25) is 4.90 Å². The molecule has 2 N–H and O–H groups in total. The fourth-order valence-corrected chi connectivity index (χ4v) is 2.49. The molecule has 1 saturated heterocycles. The van der Waals surface area contributed by atoms with Gasteiger partial charge in [-0.2, -0.15) is 4.98 Å². The average Bonchev–Trinajstić information content (AvgIpc) is 3.00. The van der Waals surface area contributed by atoms with Gasteiger partial charge in [0, 0.05) is 24.7 Å². The zero-order valence-corrected chi connectivity index (χ0v) is 11.2. The first kappa shape index (κ1) is 12.6. The number of hydrogen-bond donors (Lipinski definition) is 1. The van der Waals surface area contributed by atoms with Crippen molar-refractivity contribution in [3.8, 4) is 11.4 Å². The van der Waals surface area contributed by atoms with Gasteiger partial charge < -0.3 is 10.3 Å². The van der Waals surface area contributed by atoms with Gasteiger partial charge in [-0.15, -0.1) is 0 Å². The van der Waals surface area contributed by atoms with Crippen LogP contribution < -0.4 is 5.73 Å². The summed E-state index contributed by atoms with van der Waals surface area (Å²) in [6.07, 6.45) is 1.02. The fourth-order valence-electron chi connectivity index (χ4n) is 2.27. The molecule has 0 amide bonds. The minimum Gasteiger partial charge on any atom is -0.338 e. The average molecular weight is 279 g/mol. The lowest BCUT2D eigenvalue weighted by molar-refractivity contribution is 0.265. The number of benzene rings is 1. The molecule has 0 spiro atoms. The van der Waals surface area contributed by atoms with Crippen LogP contribution in [0.2, 0.25) is 5.02 Å². The number of nitrogens with zero attached hydrogens (tertiary/aromatic N) is 3. The topological polar surface area (TPSA) is 68.2 Å². The number of rotatable bonds is 3. The van der Waals surface area contributed by atoms with Gasteiger partial charge in [-0.1, -0.05) is 28.9 Å². The number of hydrogen-bond acceptors (Lipinski definition) is 5. The van der Waals surface area contributed by atoms with Crippen molar-refractivity contribution >= 4 is 11.6 Å². The first-order valence-electron chi connectivity index (χ1n) is 6.28. The van der Waals surface area contributed by atoms with E-state index in [0.717, 1.165) is 25.1 Å². The van der Waals surface area contributed by atoms with Crippen LogP contribution in [0, 0.1) is 0 Å². The summed E-state index contributed by atoms with van der Waals surface area (Å²) < 4.78 is 5.27. The van der Waals surface area contributed by atoms with Crippen molar-refractivity contribution in [2.45, 2.75) is 19.0 Å². The van der Waals surface area contributed by atoms with Crippen LogP contribution in [0.5, 0.6) is 0 Å². The Bertz CT molecular complexity index is 571. The van der Waals surface area contributed by atoms with Gasteiger partial charge in [-0.05, 0) is 18.6 Å². The predicted octanol–water partition coefficient (Wildman–Crippen LogP) is 1.92. The minimum absolute atomic E-state index is 0.256. The van der Waals surface area contributed by atoms with Gasteiger partial charge in [0.05, 0.1) is 11.6 Å². The number of halogens is 1. The summed E-state index contributed by atoms with van der Waals surface area (Å²) in [6.45, 7) is 2.50. The van der Waals surface area contributed by atoms with Crippen LogP contribution in [0.15, 0.2) is 28.8 Å². The van der Waals surface area contributed by atoms with E-state index in [2.05, 4.69) is 15.0 Å². The highest BCUT2D eigenvalue weighted by Gasteiger charge is 2.21. The Morgan fingerprint density at radius 1 is 1.42 bits per heavy atom. The second-order valence-electron chi connectivity index (χ2n) is 4.78. The van der Waals surface area contributed by atoms with Gasteiger partial charge in [0.1, 0.15) is 0 Å². The maximum Gasteiger partial charge on any atom is 0.241 e. The summed E-state index contributed by atoms with van der Waals surface area (Å²) in [5.74, 6) is 1.13. The Morgan fingerprint density at radius 3 is 3.00 bits per heavy atom. The number of aromatic nitrogens is 2. The number of nitrogens with two attached hydrogens (primary N) is 1. The maximum absolute atomic E-state index is 6.11. The molecule has 0 saturated carbocycles. The fraction of sp³-hybridized carbons (Fsp3) is 0.385. The first-order chi connectivity index (χ1) is 9.22. The molecular weight excluding hydrogens is 264 g/mol. The summed E-state index contributed by atoms with van der Waals surface area (Å²) in [6, 6.07) is 7.72. The quantitative estimate of drug-likeness (QED) is 0.929. The van der Waals surface area contributed by atoms with E-state index in [9.17, 15) is 0 Å². The lowest BCUT2D eigenvalue weighted by atomic mass is 10.2. The molecule has 5 nitrogen and oxygen atoms in total. The van der Waals surface area contributed by atoms with Crippen molar-refractivity contribution in [3.05, 3.63) is 35.2 Å². The smallest absolute Gasteiger partial charge is 0.241 e. The Labute approximate surface area is 116 Å². The van der Waals surface area contributed by atoms with Crippen molar-refractivity contribution in [2.75, 3.05) is 13.1 Å². The maximum atomic E-state index is 6.11. The Balaban J connectivity index is 1.75. The van der Waals surface area contributed by atoms with Gasteiger partial charge in [0.25, 0.3) is 0 Å². The monoisotopic (exact) mass is 278 g/mol. The molecule has 1 aromatic carbocycles. The SMILES string of the molecule is NC1CCN(Cc2nc(-c3ccccc3Cl)no2)C1. The van der Waals surface area contributed by atoms with Crippen LogP contribution in [0.4, 0.5) is 0 Å². The Hall–Kier alpha value is -1.43. The number of likely N-dealkylation sites (tertiary alicyclic amines) is 1. The zero-order valence-electron chi connectivity index (χ0n) is 10.4. The molecule has 6 heteroatoms. The third-order valence-corrected chi connectivity index (χ3v) is 3.58. The van der Waals surface area contributed by atoms with Crippen LogP contribution in [-0.2, 0) is 6.54 Å². The summed E-state index contributed by atoms with van der Waals surface area (Å²) >= 11 is 6.11. The van der Waals surface area contributed by atoms with E-state index in [-0.39, 0.29) is 6.04 Å². The summed E-state index contributed by atoms with van der Waals surface area (Å²) in [7, 11) is 0. The first-order valence-corrected chi connectivity index (χ1v) is 6.65. The molecule has 0 aliphatic carbocycles. The molecule has 2 aromatic rings. The highest BCUT2D eigenvalue weighted by atomic mass is 35.5. The van der Waals surface area contributed by atoms with Crippen molar-refractivity contribution in [2.24, 2.45) is 5.73 Å². The van der Waals surface area contributed by atoms with Gasteiger partial charge in [-0.25, -0.2) is 0 Å². The molecule has 1 aromatic heterocycles. The molecule has 1 aliphatic heterocycles. The lowest BCUT2D eigenvalue weighted by Gasteiger charge is -2.10. The van der Waals surface area contributed by atoms with Crippen LogP contribution >= 0.6 is 11.6 Å². The van der Waals surface area contributed by atoms with Crippen molar-refractivity contribution in [3.63, 3.8) is 0 Å². The normalized spacial score (nSPS) is 20.0. The van der Waals surface area contributed by atoms with Gasteiger partial charge in [0.2, 0.25) is 11.7 Å². The molecule has 1 fully saturated rings. The molecule has 0 radical (unpaired) electrons. The van der Waals surface area contributed by atoms with Gasteiger partial charge in [0.15, 0.2) is 0 Å². The molecule has 3 rings (SSSR count). The lowest BCUT2D eigenvalue weighted by Crippen LogP contribution is -2.26. The predicted molar refractivity (Wildman–Crippen MR) is 72.6 cm³/mol. The van der Waals surface area contributed by atoms with Crippen molar-refractivity contribution < 1.29 is 4.52 Å². The second kappa shape index (κ2) is 5.28. The van der Waals surface area contributed by atoms with Crippen molar-refractivity contribution in [1.82, 2.24) is 15.0 Å². The molecule has 1 atom stereocenters. The Morgan fingerprint density at radius 2 is 2.26 bits per heavy atom. The molecule has 2 heterocycles. The third kappa shape index (κ3) is 2.78. The second-order valence-corrected chi connectivity index (χ2v) is 5.18.